The summed E-state index contributed by atoms with van der Waals surface area (Å²) in [5, 5.41) is 10.9. The standard InChI is InChI=1S/C9H13N3O5S2/c1-18(15)6-5-11-19(16,17)8-4-2-3-7(10)9(8)12(13)14/h2-4,11H,5-6,10H2,1H3. The van der Waals surface area contributed by atoms with Crippen molar-refractivity contribution in [3.05, 3.63) is 28.3 Å². The average Bonchev–Trinajstić information content (AvgIpc) is 2.27. The van der Waals surface area contributed by atoms with Gasteiger partial charge in [0.2, 0.25) is 10.0 Å². The summed E-state index contributed by atoms with van der Waals surface area (Å²) in [6.45, 7) is -0.0720. The molecule has 0 radical (unpaired) electrons. The van der Waals surface area contributed by atoms with Crippen molar-refractivity contribution in [1.82, 2.24) is 4.72 Å². The van der Waals surface area contributed by atoms with Crippen LogP contribution < -0.4 is 10.5 Å². The molecule has 3 N–H and O–H groups in total. The van der Waals surface area contributed by atoms with Crippen LogP contribution >= 0.6 is 0 Å². The molecule has 19 heavy (non-hydrogen) atoms. The lowest BCUT2D eigenvalue weighted by Crippen LogP contribution is -2.28. The molecule has 0 aromatic heterocycles. The summed E-state index contributed by atoms with van der Waals surface area (Å²) in [6, 6.07) is 3.66. The van der Waals surface area contributed by atoms with Crippen molar-refractivity contribution in [2.45, 2.75) is 4.90 Å². The first kappa shape index (κ1) is 15.5. The second kappa shape index (κ2) is 6.08. The average molecular weight is 307 g/mol. The van der Waals surface area contributed by atoms with E-state index in [1.807, 2.05) is 0 Å². The van der Waals surface area contributed by atoms with Crippen LogP contribution in [0.5, 0.6) is 0 Å². The fourth-order valence-corrected chi connectivity index (χ4v) is 3.10. The first-order chi connectivity index (χ1) is 8.75. The number of para-hydroxylation sites is 1. The molecule has 1 atom stereocenters. The molecule has 0 aliphatic heterocycles. The molecule has 1 aromatic rings. The molecule has 1 unspecified atom stereocenters. The topological polar surface area (TPSA) is 132 Å². The number of anilines is 1. The summed E-state index contributed by atoms with van der Waals surface area (Å²) in [5.74, 6) is 0.120. The highest BCUT2D eigenvalue weighted by Gasteiger charge is 2.27. The van der Waals surface area contributed by atoms with Crippen molar-refractivity contribution in [2.75, 3.05) is 24.3 Å². The number of benzene rings is 1. The van der Waals surface area contributed by atoms with Gasteiger partial charge in [0, 0.05) is 29.4 Å². The van der Waals surface area contributed by atoms with E-state index in [9.17, 15) is 22.7 Å². The molecular weight excluding hydrogens is 294 g/mol. The van der Waals surface area contributed by atoms with Crippen LogP contribution in [0.1, 0.15) is 0 Å². The zero-order valence-corrected chi connectivity index (χ0v) is 11.7. The third-order valence-corrected chi connectivity index (χ3v) is 4.46. The Hall–Kier alpha value is -1.52. The lowest BCUT2D eigenvalue weighted by molar-refractivity contribution is -0.386. The summed E-state index contributed by atoms with van der Waals surface area (Å²) < 4.78 is 36.8. The van der Waals surface area contributed by atoms with Gasteiger partial charge < -0.3 is 5.73 Å². The van der Waals surface area contributed by atoms with Gasteiger partial charge in [-0.1, -0.05) is 6.07 Å². The number of nitrogens with zero attached hydrogens (tertiary/aromatic N) is 1. The Bertz CT molecular complexity index is 614. The maximum Gasteiger partial charge on any atom is 0.312 e. The van der Waals surface area contributed by atoms with Gasteiger partial charge in [-0.05, 0) is 12.1 Å². The van der Waals surface area contributed by atoms with E-state index >= 15 is 0 Å². The van der Waals surface area contributed by atoms with Crippen molar-refractivity contribution in [2.24, 2.45) is 0 Å². The summed E-state index contributed by atoms with van der Waals surface area (Å²) in [7, 11) is -5.22. The molecule has 0 spiro atoms. The second-order valence-corrected chi connectivity index (χ2v) is 6.92. The zero-order valence-electron chi connectivity index (χ0n) is 10.0. The maximum absolute atomic E-state index is 11.9. The van der Waals surface area contributed by atoms with E-state index in [1.54, 1.807) is 0 Å². The van der Waals surface area contributed by atoms with Crippen LogP contribution in [0.15, 0.2) is 23.1 Å². The van der Waals surface area contributed by atoms with E-state index in [1.165, 1.54) is 18.4 Å². The minimum absolute atomic E-state index is 0.0720. The van der Waals surface area contributed by atoms with Gasteiger partial charge in [-0.2, -0.15) is 0 Å². The number of hydrogen-bond acceptors (Lipinski definition) is 6. The summed E-state index contributed by atoms with van der Waals surface area (Å²) >= 11 is 0. The lowest BCUT2D eigenvalue weighted by Gasteiger charge is -2.07. The Morgan fingerprint density at radius 2 is 2.11 bits per heavy atom. The number of hydrogen-bond donors (Lipinski definition) is 2. The Labute approximate surface area is 112 Å². The van der Waals surface area contributed by atoms with Crippen molar-refractivity contribution in [3.63, 3.8) is 0 Å². The quantitative estimate of drug-likeness (QED) is 0.426. The Morgan fingerprint density at radius 1 is 1.47 bits per heavy atom. The van der Waals surface area contributed by atoms with Crippen LogP contribution in [0.4, 0.5) is 11.4 Å². The molecule has 1 rings (SSSR count). The van der Waals surface area contributed by atoms with Gasteiger partial charge in [-0.15, -0.1) is 0 Å². The number of nitro groups is 1. The summed E-state index contributed by atoms with van der Waals surface area (Å²) in [4.78, 5) is 9.51. The van der Waals surface area contributed by atoms with Crippen LogP contribution in [-0.4, -0.2) is 36.1 Å². The smallest absolute Gasteiger partial charge is 0.312 e. The largest absolute Gasteiger partial charge is 0.393 e. The van der Waals surface area contributed by atoms with E-state index in [4.69, 9.17) is 5.73 Å². The third kappa shape index (κ3) is 3.98. The van der Waals surface area contributed by atoms with Gasteiger partial charge in [0.25, 0.3) is 0 Å². The zero-order chi connectivity index (χ0) is 14.6. The van der Waals surface area contributed by atoms with Gasteiger partial charge in [0.15, 0.2) is 4.90 Å². The van der Waals surface area contributed by atoms with Crippen LogP contribution in [0, 0.1) is 10.1 Å². The summed E-state index contributed by atoms with van der Waals surface area (Å²) in [6.07, 6.45) is 1.43. The van der Waals surface area contributed by atoms with Gasteiger partial charge in [-0.25, -0.2) is 13.1 Å². The molecule has 0 heterocycles. The lowest BCUT2D eigenvalue weighted by atomic mass is 10.3. The number of nitrogen functional groups attached to an aromatic ring is 1. The first-order valence-corrected chi connectivity index (χ1v) is 8.29. The number of rotatable bonds is 6. The van der Waals surface area contributed by atoms with Gasteiger partial charge in [0.1, 0.15) is 5.69 Å². The highest BCUT2D eigenvalue weighted by Crippen LogP contribution is 2.29. The van der Waals surface area contributed by atoms with E-state index in [2.05, 4.69) is 4.72 Å². The number of nitrogens with two attached hydrogens (primary N) is 1. The molecule has 0 bridgehead atoms. The third-order valence-electron chi connectivity index (χ3n) is 2.18. The van der Waals surface area contributed by atoms with Gasteiger partial charge >= 0.3 is 5.69 Å². The monoisotopic (exact) mass is 307 g/mol. The van der Waals surface area contributed by atoms with Gasteiger partial charge in [0.05, 0.1) is 4.92 Å². The highest BCUT2D eigenvalue weighted by atomic mass is 32.2. The Kier molecular flexibility index (Phi) is 4.97. The minimum atomic E-state index is -4.06. The molecular formula is C9H13N3O5S2. The van der Waals surface area contributed by atoms with Crippen LogP contribution in [0.3, 0.4) is 0 Å². The van der Waals surface area contributed by atoms with E-state index in [0.29, 0.717) is 0 Å². The van der Waals surface area contributed by atoms with E-state index in [0.717, 1.165) is 6.07 Å². The number of nitro benzene ring substituents is 1. The van der Waals surface area contributed by atoms with E-state index < -0.39 is 36.3 Å². The molecule has 0 aliphatic rings. The fraction of sp³-hybridized carbons (Fsp3) is 0.333. The van der Waals surface area contributed by atoms with Crippen molar-refractivity contribution >= 4 is 32.2 Å². The van der Waals surface area contributed by atoms with Crippen LogP contribution in [0.25, 0.3) is 0 Å². The number of sulfonamides is 1. The fourth-order valence-electron chi connectivity index (χ4n) is 1.35. The minimum Gasteiger partial charge on any atom is -0.393 e. The molecule has 0 aliphatic carbocycles. The normalized spacial score (nSPS) is 13.1. The molecule has 106 valence electrons. The van der Waals surface area contributed by atoms with Crippen LogP contribution in [0.2, 0.25) is 0 Å². The SMILES string of the molecule is CS(=O)CCNS(=O)(=O)c1cccc(N)c1[N+](=O)[O-]. The first-order valence-electron chi connectivity index (χ1n) is 5.08. The Morgan fingerprint density at radius 3 is 2.63 bits per heavy atom. The van der Waals surface area contributed by atoms with Crippen molar-refractivity contribution < 1.29 is 17.6 Å². The second-order valence-electron chi connectivity index (χ2n) is 3.63. The van der Waals surface area contributed by atoms with Crippen LogP contribution in [-0.2, 0) is 20.8 Å². The van der Waals surface area contributed by atoms with Crippen molar-refractivity contribution in [3.8, 4) is 0 Å². The highest BCUT2D eigenvalue weighted by molar-refractivity contribution is 7.89. The molecule has 1 aromatic carbocycles. The maximum atomic E-state index is 11.9. The van der Waals surface area contributed by atoms with Crippen molar-refractivity contribution in [1.29, 1.82) is 0 Å². The number of nitrogens with one attached hydrogen (secondary N) is 1. The molecule has 0 saturated carbocycles. The molecule has 0 fully saturated rings. The Balaban J connectivity index is 3.11. The predicted octanol–water partition coefficient (Wildman–Crippen LogP) is -0.166. The molecule has 0 saturated heterocycles. The summed E-state index contributed by atoms with van der Waals surface area (Å²) in [5.41, 5.74) is 4.52. The molecule has 8 nitrogen and oxygen atoms in total. The van der Waals surface area contributed by atoms with E-state index in [-0.39, 0.29) is 18.0 Å². The molecule has 0 amide bonds. The molecule has 10 heteroatoms. The predicted molar refractivity (Wildman–Crippen MR) is 71.6 cm³/mol. The van der Waals surface area contributed by atoms with Gasteiger partial charge in [-0.3, -0.25) is 14.3 Å².